The minimum absolute atomic E-state index is 0.354. The third-order valence-corrected chi connectivity index (χ3v) is 3.95. The van der Waals surface area contributed by atoms with Crippen LogP contribution in [-0.4, -0.2) is 40.0 Å². The first kappa shape index (κ1) is 15.8. The molecule has 2 N–H and O–H groups in total. The van der Waals surface area contributed by atoms with Gasteiger partial charge in [-0.15, -0.1) is 0 Å². The summed E-state index contributed by atoms with van der Waals surface area (Å²) >= 11 is 5.23. The number of aromatic amines is 1. The third kappa shape index (κ3) is 4.19. The number of sulfonamides is 1. The molecule has 0 atom stereocenters. The Morgan fingerprint density at radius 2 is 2.00 bits per heavy atom. The molecule has 0 radical (unpaired) electrons. The van der Waals surface area contributed by atoms with Gasteiger partial charge < -0.3 is 0 Å². The predicted molar refractivity (Wildman–Crippen MR) is 82.7 cm³/mol. The third-order valence-electron chi connectivity index (χ3n) is 2.71. The van der Waals surface area contributed by atoms with Crippen molar-refractivity contribution in [2.45, 2.75) is 25.9 Å². The Balaban J connectivity index is 2.38. The topological polar surface area (TPSA) is 92.7 Å². The smallest absolute Gasteiger partial charge is 0.209 e. The molecule has 0 spiro atoms. The summed E-state index contributed by atoms with van der Waals surface area (Å²) < 4.78 is 27.7. The molecule has 0 aromatic carbocycles. The summed E-state index contributed by atoms with van der Waals surface area (Å²) in [5.74, 6) is 0.644. The first-order valence-electron chi connectivity index (χ1n) is 6.22. The van der Waals surface area contributed by atoms with Crippen LogP contribution in [0.5, 0.6) is 0 Å². The van der Waals surface area contributed by atoms with E-state index >= 15 is 0 Å². The van der Waals surface area contributed by atoms with Gasteiger partial charge in [0.1, 0.15) is 0 Å². The van der Waals surface area contributed by atoms with E-state index in [0.717, 1.165) is 11.8 Å². The van der Waals surface area contributed by atoms with Crippen molar-refractivity contribution in [3.63, 3.8) is 0 Å². The number of rotatable bonds is 5. The molecule has 0 saturated heterocycles. The van der Waals surface area contributed by atoms with Gasteiger partial charge in [-0.05, 0) is 38.2 Å². The molecule has 0 fully saturated rings. The van der Waals surface area contributed by atoms with E-state index in [-0.39, 0.29) is 0 Å². The van der Waals surface area contributed by atoms with E-state index in [1.807, 2.05) is 12.1 Å². The van der Waals surface area contributed by atoms with Crippen LogP contribution in [0.25, 0.3) is 11.4 Å². The van der Waals surface area contributed by atoms with E-state index in [9.17, 15) is 8.42 Å². The van der Waals surface area contributed by atoms with Gasteiger partial charge in [0, 0.05) is 30.0 Å². The maximum absolute atomic E-state index is 11.4. The molecule has 0 aliphatic carbocycles. The second-order valence-electron chi connectivity index (χ2n) is 5.43. The molecule has 0 unspecified atom stereocenters. The van der Waals surface area contributed by atoms with Gasteiger partial charge >= 0.3 is 0 Å². The number of hydrogen-bond acceptors (Lipinski definition) is 5. The van der Waals surface area contributed by atoms with Gasteiger partial charge in [-0.2, -0.15) is 5.10 Å². The van der Waals surface area contributed by atoms with Crippen LogP contribution in [0.15, 0.2) is 24.5 Å². The zero-order valence-corrected chi connectivity index (χ0v) is 13.6. The number of aromatic nitrogens is 4. The Labute approximate surface area is 128 Å². The lowest BCUT2D eigenvalue weighted by Crippen LogP contribution is -2.46. The van der Waals surface area contributed by atoms with Crippen LogP contribution < -0.4 is 4.72 Å². The van der Waals surface area contributed by atoms with E-state index in [1.165, 1.54) is 0 Å². The van der Waals surface area contributed by atoms with Crippen molar-refractivity contribution in [2.75, 3.05) is 6.26 Å². The van der Waals surface area contributed by atoms with Crippen LogP contribution in [0.2, 0.25) is 0 Å². The zero-order chi connectivity index (χ0) is 15.7. The number of nitrogens with one attached hydrogen (secondary N) is 2. The highest BCUT2D eigenvalue weighted by Crippen LogP contribution is 2.19. The summed E-state index contributed by atoms with van der Waals surface area (Å²) in [6.45, 7) is 3.94. The van der Waals surface area contributed by atoms with Crippen molar-refractivity contribution in [1.82, 2.24) is 24.5 Å². The fourth-order valence-corrected chi connectivity index (χ4v) is 3.38. The second kappa shape index (κ2) is 5.66. The molecule has 2 heterocycles. The van der Waals surface area contributed by atoms with E-state index in [4.69, 9.17) is 12.2 Å². The molecule has 0 aliphatic rings. The van der Waals surface area contributed by atoms with E-state index in [2.05, 4.69) is 19.9 Å². The van der Waals surface area contributed by atoms with Crippen LogP contribution in [0.4, 0.5) is 0 Å². The Hall–Kier alpha value is -1.58. The zero-order valence-electron chi connectivity index (χ0n) is 12.0. The van der Waals surface area contributed by atoms with Crippen molar-refractivity contribution >= 4 is 22.2 Å². The molecule has 7 nitrogen and oxygen atoms in total. The number of nitrogens with zero attached hydrogens (tertiary/aromatic N) is 3. The Morgan fingerprint density at radius 1 is 1.38 bits per heavy atom. The number of pyridine rings is 1. The number of H-pyrrole nitrogens is 1. The summed E-state index contributed by atoms with van der Waals surface area (Å²) in [5, 5.41) is 6.95. The average Bonchev–Trinajstić information content (AvgIpc) is 2.68. The Kier molecular flexibility index (Phi) is 4.26. The lowest BCUT2D eigenvalue weighted by molar-refractivity contribution is 0.390. The largest absolute Gasteiger partial charge is 0.298 e. The van der Waals surface area contributed by atoms with Crippen LogP contribution in [0.3, 0.4) is 0 Å². The molecule has 9 heteroatoms. The fraction of sp³-hybridized carbons (Fsp3) is 0.417. The highest BCUT2D eigenvalue weighted by Gasteiger charge is 2.24. The molecule has 2 aromatic rings. The maximum Gasteiger partial charge on any atom is 0.209 e. The summed E-state index contributed by atoms with van der Waals surface area (Å²) in [6, 6.07) is 3.64. The minimum atomic E-state index is -3.31. The Morgan fingerprint density at radius 3 is 2.57 bits per heavy atom. The molecular formula is C12H17N5O2S2. The second-order valence-corrected chi connectivity index (χ2v) is 7.57. The highest BCUT2D eigenvalue weighted by molar-refractivity contribution is 7.88. The normalized spacial score (nSPS) is 12.5. The lowest BCUT2D eigenvalue weighted by Gasteiger charge is -2.26. The Bertz CT molecular complexity index is 777. The molecule has 0 aliphatic heterocycles. The lowest BCUT2D eigenvalue weighted by atomic mass is 10.1. The molecular weight excluding hydrogens is 310 g/mol. The van der Waals surface area contributed by atoms with Gasteiger partial charge in [0.15, 0.2) is 10.6 Å². The van der Waals surface area contributed by atoms with Crippen molar-refractivity contribution in [3.05, 3.63) is 29.3 Å². The molecule has 0 amide bonds. The van der Waals surface area contributed by atoms with Gasteiger partial charge in [0.2, 0.25) is 10.0 Å². The van der Waals surface area contributed by atoms with Gasteiger partial charge in [0.25, 0.3) is 0 Å². The van der Waals surface area contributed by atoms with E-state index in [0.29, 0.717) is 17.1 Å². The fourth-order valence-electron chi connectivity index (χ4n) is 2.12. The standard InChI is InChI=1S/C12H17N5O2S2/c1-12(2,16-21(3,18)19)8-17-10(14-15-11(17)20)9-4-6-13-7-5-9/h4-7,16H,8H2,1-3H3,(H,15,20). The van der Waals surface area contributed by atoms with E-state index < -0.39 is 15.6 Å². The van der Waals surface area contributed by atoms with Crippen LogP contribution >= 0.6 is 12.2 Å². The highest BCUT2D eigenvalue weighted by atomic mass is 32.2. The maximum atomic E-state index is 11.4. The monoisotopic (exact) mass is 327 g/mol. The van der Waals surface area contributed by atoms with Crippen molar-refractivity contribution in [2.24, 2.45) is 0 Å². The van der Waals surface area contributed by atoms with Gasteiger partial charge in [0.05, 0.1) is 6.26 Å². The van der Waals surface area contributed by atoms with Gasteiger partial charge in [-0.25, -0.2) is 13.1 Å². The van der Waals surface area contributed by atoms with Crippen molar-refractivity contribution < 1.29 is 8.42 Å². The van der Waals surface area contributed by atoms with Gasteiger partial charge in [-0.3, -0.25) is 14.6 Å². The molecule has 0 bridgehead atoms. The molecule has 114 valence electrons. The molecule has 21 heavy (non-hydrogen) atoms. The summed E-state index contributed by atoms with van der Waals surface area (Å²) in [7, 11) is -3.31. The van der Waals surface area contributed by atoms with Crippen LogP contribution in [0.1, 0.15) is 13.8 Å². The molecule has 2 aromatic heterocycles. The van der Waals surface area contributed by atoms with Crippen molar-refractivity contribution in [1.29, 1.82) is 0 Å². The number of hydrogen-bond donors (Lipinski definition) is 2. The summed E-state index contributed by atoms with van der Waals surface area (Å²) in [6.07, 6.45) is 4.46. The van der Waals surface area contributed by atoms with Crippen LogP contribution in [-0.2, 0) is 16.6 Å². The minimum Gasteiger partial charge on any atom is -0.298 e. The summed E-state index contributed by atoms with van der Waals surface area (Å²) in [4.78, 5) is 3.97. The van der Waals surface area contributed by atoms with Crippen molar-refractivity contribution in [3.8, 4) is 11.4 Å². The predicted octanol–water partition coefficient (Wildman–Crippen LogP) is 1.33. The quantitative estimate of drug-likeness (QED) is 0.808. The van der Waals surface area contributed by atoms with E-state index in [1.54, 1.807) is 30.8 Å². The first-order chi connectivity index (χ1) is 9.68. The average molecular weight is 327 g/mol. The molecule has 0 saturated carbocycles. The van der Waals surface area contributed by atoms with Crippen LogP contribution in [0, 0.1) is 4.77 Å². The SMILES string of the molecule is CC(C)(Cn1c(-c2ccncc2)n[nH]c1=S)NS(C)(=O)=O. The summed E-state index contributed by atoms with van der Waals surface area (Å²) in [5.41, 5.74) is 0.157. The molecule has 2 rings (SSSR count). The first-order valence-corrected chi connectivity index (χ1v) is 8.52. The van der Waals surface area contributed by atoms with Gasteiger partial charge in [-0.1, -0.05) is 0 Å².